The van der Waals surface area contributed by atoms with Gasteiger partial charge < -0.3 is 19.5 Å². The van der Waals surface area contributed by atoms with E-state index >= 15 is 0 Å². The Bertz CT molecular complexity index is 538. The van der Waals surface area contributed by atoms with Crippen LogP contribution in [0.4, 0.5) is 0 Å². The lowest BCUT2D eigenvalue weighted by Gasteiger charge is -2.29. The normalized spacial score (nSPS) is 14.4. The standard InChI is InChI=1S/C15H24NO5P/c1-5-20-22(18,21-6-2)15(11(3)17)14(16)12-9-7-8-10-13(12)19-4/h7-10,14-15H,5-6,16H2,1-4H3. The van der Waals surface area contributed by atoms with Gasteiger partial charge in [0.25, 0.3) is 0 Å². The lowest BCUT2D eigenvalue weighted by Crippen LogP contribution is -2.34. The quantitative estimate of drug-likeness (QED) is 0.701. The first kappa shape index (κ1) is 18.8. The molecule has 0 spiro atoms. The summed E-state index contributed by atoms with van der Waals surface area (Å²) >= 11 is 0. The van der Waals surface area contributed by atoms with Crippen LogP contribution in [0.2, 0.25) is 0 Å². The van der Waals surface area contributed by atoms with Crippen molar-refractivity contribution in [1.29, 1.82) is 0 Å². The molecule has 0 aromatic heterocycles. The second kappa shape index (κ2) is 8.44. The molecule has 2 N–H and O–H groups in total. The number of Topliss-reactive ketones (excluding diaryl/α,β-unsaturated/α-hetero) is 1. The van der Waals surface area contributed by atoms with E-state index in [1.165, 1.54) is 14.0 Å². The zero-order valence-corrected chi connectivity index (χ0v) is 14.3. The fraction of sp³-hybridized carbons (Fsp3) is 0.533. The molecule has 0 amide bonds. The summed E-state index contributed by atoms with van der Waals surface area (Å²) in [6, 6.07) is 6.20. The topological polar surface area (TPSA) is 87.9 Å². The maximum Gasteiger partial charge on any atom is 0.343 e. The van der Waals surface area contributed by atoms with Crippen molar-refractivity contribution in [1.82, 2.24) is 0 Å². The van der Waals surface area contributed by atoms with Crippen LogP contribution in [0.1, 0.15) is 32.4 Å². The van der Waals surface area contributed by atoms with Gasteiger partial charge in [0.2, 0.25) is 0 Å². The molecule has 0 fully saturated rings. The van der Waals surface area contributed by atoms with Crippen molar-refractivity contribution >= 4 is 13.4 Å². The molecule has 2 atom stereocenters. The minimum Gasteiger partial charge on any atom is -0.496 e. The summed E-state index contributed by atoms with van der Waals surface area (Å²) in [6.45, 7) is 5.05. The van der Waals surface area contributed by atoms with Crippen LogP contribution >= 0.6 is 7.60 Å². The molecule has 6 nitrogen and oxygen atoms in total. The molecular formula is C15H24NO5P. The first-order valence-corrected chi connectivity index (χ1v) is 8.80. The van der Waals surface area contributed by atoms with E-state index in [2.05, 4.69) is 0 Å². The molecule has 0 saturated heterocycles. The molecule has 1 rings (SSSR count). The minimum atomic E-state index is -3.67. The predicted molar refractivity (Wildman–Crippen MR) is 85.2 cm³/mol. The lowest BCUT2D eigenvalue weighted by molar-refractivity contribution is -0.117. The third-order valence-electron chi connectivity index (χ3n) is 3.21. The maximum atomic E-state index is 13.0. The van der Waals surface area contributed by atoms with E-state index in [0.717, 1.165) is 0 Å². The summed E-state index contributed by atoms with van der Waals surface area (Å²) in [5.74, 6) is 0.185. The van der Waals surface area contributed by atoms with Crippen molar-refractivity contribution in [2.24, 2.45) is 5.73 Å². The summed E-state index contributed by atoms with van der Waals surface area (Å²) in [4.78, 5) is 12.1. The van der Waals surface area contributed by atoms with E-state index < -0.39 is 19.3 Å². The Labute approximate surface area is 131 Å². The van der Waals surface area contributed by atoms with Crippen molar-refractivity contribution < 1.29 is 23.1 Å². The maximum absolute atomic E-state index is 13.0. The van der Waals surface area contributed by atoms with Gasteiger partial charge >= 0.3 is 7.60 Å². The summed E-state index contributed by atoms with van der Waals surface area (Å²) < 4.78 is 28.9. The number of ketones is 1. The monoisotopic (exact) mass is 329 g/mol. The van der Waals surface area contributed by atoms with E-state index in [1.807, 2.05) is 0 Å². The van der Waals surface area contributed by atoms with E-state index in [1.54, 1.807) is 38.1 Å². The second-order valence-electron chi connectivity index (χ2n) is 4.70. The molecule has 0 aliphatic rings. The van der Waals surface area contributed by atoms with E-state index in [0.29, 0.717) is 11.3 Å². The molecular weight excluding hydrogens is 305 g/mol. The highest BCUT2D eigenvalue weighted by Crippen LogP contribution is 2.57. The van der Waals surface area contributed by atoms with Crippen LogP contribution in [0.25, 0.3) is 0 Å². The fourth-order valence-corrected chi connectivity index (χ4v) is 4.46. The van der Waals surface area contributed by atoms with Gasteiger partial charge in [-0.15, -0.1) is 0 Å². The van der Waals surface area contributed by atoms with Crippen molar-refractivity contribution in [2.45, 2.75) is 32.5 Å². The number of hydrogen-bond acceptors (Lipinski definition) is 6. The average Bonchev–Trinajstić information content (AvgIpc) is 2.47. The fourth-order valence-electron chi connectivity index (χ4n) is 2.34. The molecule has 0 aliphatic heterocycles. The van der Waals surface area contributed by atoms with Crippen molar-refractivity contribution in [2.75, 3.05) is 20.3 Å². The minimum absolute atomic E-state index is 0.166. The van der Waals surface area contributed by atoms with Crippen LogP contribution in [0.3, 0.4) is 0 Å². The first-order chi connectivity index (χ1) is 10.4. The van der Waals surface area contributed by atoms with Crippen molar-refractivity contribution in [3.05, 3.63) is 29.8 Å². The number of ether oxygens (including phenoxy) is 1. The molecule has 0 radical (unpaired) electrons. The van der Waals surface area contributed by atoms with Crippen LogP contribution in [-0.2, 0) is 18.4 Å². The van der Waals surface area contributed by atoms with Gasteiger partial charge in [-0.05, 0) is 26.8 Å². The van der Waals surface area contributed by atoms with Gasteiger partial charge in [0.1, 0.15) is 17.2 Å². The Balaban J connectivity index is 3.29. The van der Waals surface area contributed by atoms with Crippen LogP contribution in [0.5, 0.6) is 5.75 Å². The Kier molecular flexibility index (Phi) is 7.23. The number of carbonyl (C=O) groups is 1. The predicted octanol–water partition coefficient (Wildman–Crippen LogP) is 2.92. The lowest BCUT2D eigenvalue weighted by atomic mass is 10.0. The third-order valence-corrected chi connectivity index (χ3v) is 5.82. The highest BCUT2D eigenvalue weighted by molar-refractivity contribution is 7.55. The molecule has 0 aliphatic carbocycles. The van der Waals surface area contributed by atoms with Gasteiger partial charge in [0.05, 0.1) is 26.4 Å². The number of hydrogen-bond donors (Lipinski definition) is 1. The van der Waals surface area contributed by atoms with E-state index in [4.69, 9.17) is 19.5 Å². The molecule has 7 heteroatoms. The van der Waals surface area contributed by atoms with Crippen LogP contribution in [0, 0.1) is 0 Å². The SMILES string of the molecule is CCOP(=O)(OCC)C(C(C)=O)C(N)c1ccccc1OC. The van der Waals surface area contributed by atoms with Gasteiger partial charge in [-0.3, -0.25) is 9.36 Å². The summed E-state index contributed by atoms with van der Waals surface area (Å²) in [5.41, 5.74) is 5.74. The zero-order valence-electron chi connectivity index (χ0n) is 13.4. The van der Waals surface area contributed by atoms with Gasteiger partial charge in [-0.2, -0.15) is 0 Å². The van der Waals surface area contributed by atoms with Crippen LogP contribution < -0.4 is 10.5 Å². The highest BCUT2D eigenvalue weighted by Gasteiger charge is 2.44. The highest BCUT2D eigenvalue weighted by atomic mass is 31.2. The largest absolute Gasteiger partial charge is 0.496 e. The first-order valence-electron chi connectivity index (χ1n) is 7.19. The number of methoxy groups -OCH3 is 1. The Morgan fingerprint density at radius 3 is 2.23 bits per heavy atom. The molecule has 22 heavy (non-hydrogen) atoms. The molecule has 1 aromatic rings. The molecule has 0 bridgehead atoms. The average molecular weight is 329 g/mol. The van der Waals surface area contributed by atoms with Gasteiger partial charge in [-0.25, -0.2) is 0 Å². The van der Waals surface area contributed by atoms with E-state index in [-0.39, 0.29) is 19.0 Å². The van der Waals surface area contributed by atoms with Gasteiger partial charge in [-0.1, -0.05) is 18.2 Å². The number of para-hydroxylation sites is 1. The summed E-state index contributed by atoms with van der Waals surface area (Å²) in [6.07, 6.45) is 0. The van der Waals surface area contributed by atoms with E-state index in [9.17, 15) is 9.36 Å². The molecule has 2 unspecified atom stereocenters. The molecule has 124 valence electrons. The number of rotatable bonds is 9. The Morgan fingerprint density at radius 1 is 1.23 bits per heavy atom. The third kappa shape index (κ3) is 4.17. The number of carbonyl (C=O) groups excluding carboxylic acids is 1. The smallest absolute Gasteiger partial charge is 0.343 e. The van der Waals surface area contributed by atoms with Gasteiger partial charge in [0, 0.05) is 5.56 Å². The number of benzene rings is 1. The van der Waals surface area contributed by atoms with Crippen molar-refractivity contribution in [3.63, 3.8) is 0 Å². The Morgan fingerprint density at radius 2 is 1.77 bits per heavy atom. The number of nitrogens with two attached hydrogens (primary N) is 1. The summed E-state index contributed by atoms with van der Waals surface area (Å²) in [5, 5.41) is 0. The van der Waals surface area contributed by atoms with Crippen LogP contribution in [0.15, 0.2) is 24.3 Å². The molecule has 0 heterocycles. The van der Waals surface area contributed by atoms with Crippen LogP contribution in [-0.4, -0.2) is 31.8 Å². The van der Waals surface area contributed by atoms with Crippen molar-refractivity contribution in [3.8, 4) is 5.75 Å². The molecule has 1 aromatic carbocycles. The second-order valence-corrected chi connectivity index (χ2v) is 6.85. The molecule has 0 saturated carbocycles. The zero-order chi connectivity index (χ0) is 16.8. The Hall–Kier alpha value is -1.20. The summed E-state index contributed by atoms with van der Waals surface area (Å²) in [7, 11) is -2.15. The van der Waals surface area contributed by atoms with Gasteiger partial charge in [0.15, 0.2) is 0 Å².